The Morgan fingerprint density at radius 1 is 1.08 bits per heavy atom. The van der Waals surface area contributed by atoms with Gasteiger partial charge in [0.05, 0.1) is 5.69 Å². The number of piperidine rings is 1. The van der Waals surface area contributed by atoms with Gasteiger partial charge in [-0.05, 0) is 43.0 Å². The Morgan fingerprint density at radius 3 is 2.52 bits per heavy atom. The van der Waals surface area contributed by atoms with Gasteiger partial charge in [-0.25, -0.2) is 8.42 Å². The molecule has 0 amide bonds. The lowest BCUT2D eigenvalue weighted by atomic mass is 9.96. The van der Waals surface area contributed by atoms with E-state index in [0.29, 0.717) is 10.6 Å². The number of anilines is 1. The van der Waals surface area contributed by atoms with Crippen molar-refractivity contribution >= 4 is 15.7 Å². The van der Waals surface area contributed by atoms with Crippen LogP contribution in [0.25, 0.3) is 0 Å². The Hall–Kier alpha value is -1.89. The maximum absolute atomic E-state index is 12.7. The zero-order valence-corrected chi connectivity index (χ0v) is 15.1. The topological polar surface area (TPSA) is 61.4 Å². The van der Waals surface area contributed by atoms with Crippen molar-refractivity contribution in [1.29, 1.82) is 0 Å². The minimum absolute atomic E-state index is 0.352. The molecule has 25 heavy (non-hydrogen) atoms. The summed E-state index contributed by atoms with van der Waals surface area (Å²) < 4.78 is 28.3. The van der Waals surface area contributed by atoms with E-state index in [1.807, 2.05) is 25.1 Å². The van der Waals surface area contributed by atoms with Crippen molar-refractivity contribution in [2.75, 3.05) is 18.4 Å². The minimum Gasteiger partial charge on any atom is -0.365 e. The molecule has 2 aromatic rings. The molecule has 132 valence electrons. The number of rotatable bonds is 2. The molecule has 1 fully saturated rings. The highest BCUT2D eigenvalue weighted by atomic mass is 32.2. The lowest BCUT2D eigenvalue weighted by Gasteiger charge is -2.45. The number of hydrogen-bond acceptors (Lipinski definition) is 4. The summed E-state index contributed by atoms with van der Waals surface area (Å²) in [6, 6.07) is 15.9. The van der Waals surface area contributed by atoms with Gasteiger partial charge in [-0.2, -0.15) is 4.72 Å². The third-order valence-electron chi connectivity index (χ3n) is 5.09. The molecule has 0 aliphatic carbocycles. The first-order valence-corrected chi connectivity index (χ1v) is 10.1. The molecule has 2 heterocycles. The Morgan fingerprint density at radius 2 is 1.80 bits per heavy atom. The molecule has 0 aromatic heterocycles. The van der Waals surface area contributed by atoms with E-state index in [2.05, 4.69) is 39.2 Å². The zero-order valence-electron chi connectivity index (χ0n) is 14.3. The van der Waals surface area contributed by atoms with E-state index in [1.165, 1.54) is 5.56 Å². The van der Waals surface area contributed by atoms with Crippen LogP contribution in [0.3, 0.4) is 0 Å². The Kier molecular flexibility index (Phi) is 4.06. The zero-order chi connectivity index (χ0) is 17.5. The van der Waals surface area contributed by atoms with E-state index in [0.717, 1.165) is 38.0 Å². The highest BCUT2D eigenvalue weighted by Gasteiger charge is 2.43. The fourth-order valence-corrected chi connectivity index (χ4v) is 5.34. The number of fused-ring (bicyclic) bond motifs is 1. The minimum atomic E-state index is -3.48. The first-order chi connectivity index (χ1) is 12.0. The average molecular weight is 357 g/mol. The average Bonchev–Trinajstić information content (AvgIpc) is 2.59. The molecule has 4 rings (SSSR count). The lowest BCUT2D eigenvalue weighted by Crippen LogP contribution is -2.61. The fourth-order valence-electron chi connectivity index (χ4n) is 3.71. The smallest absolute Gasteiger partial charge is 0.244 e. The van der Waals surface area contributed by atoms with Crippen LogP contribution in [0.4, 0.5) is 5.69 Å². The van der Waals surface area contributed by atoms with E-state index in [4.69, 9.17) is 0 Å². The van der Waals surface area contributed by atoms with Crippen molar-refractivity contribution in [2.24, 2.45) is 0 Å². The van der Waals surface area contributed by atoms with Gasteiger partial charge in [-0.1, -0.05) is 36.4 Å². The molecule has 1 spiro atoms. The van der Waals surface area contributed by atoms with Crippen LogP contribution < -0.4 is 10.0 Å². The first kappa shape index (κ1) is 16.6. The summed E-state index contributed by atoms with van der Waals surface area (Å²) in [6.07, 6.45) is 1.48. The van der Waals surface area contributed by atoms with Crippen LogP contribution in [-0.2, 0) is 16.6 Å². The Balaban J connectivity index is 1.51. The molecule has 5 nitrogen and oxygen atoms in total. The highest BCUT2D eigenvalue weighted by molar-refractivity contribution is 7.89. The van der Waals surface area contributed by atoms with Gasteiger partial charge >= 0.3 is 0 Å². The third-order valence-corrected chi connectivity index (χ3v) is 6.67. The number of likely N-dealkylation sites (tertiary alicyclic amines) is 1. The molecule has 2 aliphatic heterocycles. The third kappa shape index (κ3) is 3.29. The SMILES string of the molecule is Cc1ccc2c(c1)S(=O)(=O)NC1(CCN(Cc3ccccc3)CC1)N2. The van der Waals surface area contributed by atoms with Gasteiger partial charge < -0.3 is 5.32 Å². The van der Waals surface area contributed by atoms with Gasteiger partial charge in [0.15, 0.2) is 0 Å². The standard InChI is InChI=1S/C19H23N3O2S/c1-15-7-8-17-18(13-15)25(23,24)21-19(20-17)9-11-22(12-10-19)14-16-5-3-2-4-6-16/h2-8,13,20-21H,9-12,14H2,1H3. The summed E-state index contributed by atoms with van der Waals surface area (Å²) in [5, 5.41) is 3.46. The number of hydrogen-bond donors (Lipinski definition) is 2. The van der Waals surface area contributed by atoms with Gasteiger partial charge in [0.25, 0.3) is 0 Å². The van der Waals surface area contributed by atoms with E-state index in [9.17, 15) is 8.42 Å². The summed E-state index contributed by atoms with van der Waals surface area (Å²) in [5.74, 6) is 0. The molecule has 2 aromatic carbocycles. The number of aryl methyl sites for hydroxylation is 1. The molecule has 2 N–H and O–H groups in total. The van der Waals surface area contributed by atoms with Crippen molar-refractivity contribution in [3.8, 4) is 0 Å². The van der Waals surface area contributed by atoms with Gasteiger partial charge in [0, 0.05) is 19.6 Å². The van der Waals surface area contributed by atoms with E-state index < -0.39 is 15.7 Å². The molecular formula is C19H23N3O2S. The molecule has 0 atom stereocenters. The molecular weight excluding hydrogens is 334 g/mol. The number of nitrogens with one attached hydrogen (secondary N) is 2. The van der Waals surface area contributed by atoms with Crippen LogP contribution in [0.1, 0.15) is 24.0 Å². The van der Waals surface area contributed by atoms with Crippen molar-refractivity contribution in [1.82, 2.24) is 9.62 Å². The molecule has 0 unspecified atom stereocenters. The number of benzene rings is 2. The second kappa shape index (κ2) is 6.12. The summed E-state index contributed by atoms with van der Waals surface area (Å²) in [4.78, 5) is 2.73. The van der Waals surface area contributed by atoms with Crippen LogP contribution in [0, 0.1) is 6.92 Å². The van der Waals surface area contributed by atoms with Crippen LogP contribution in [0.15, 0.2) is 53.4 Å². The van der Waals surface area contributed by atoms with Crippen LogP contribution in [0.5, 0.6) is 0 Å². The van der Waals surface area contributed by atoms with Crippen LogP contribution in [-0.4, -0.2) is 32.1 Å². The Bertz CT molecular complexity index is 873. The van der Waals surface area contributed by atoms with Gasteiger partial charge in [-0.15, -0.1) is 0 Å². The van der Waals surface area contributed by atoms with E-state index >= 15 is 0 Å². The predicted octanol–water partition coefficient (Wildman–Crippen LogP) is 2.69. The molecule has 0 saturated carbocycles. The van der Waals surface area contributed by atoms with Crippen molar-refractivity contribution in [2.45, 2.75) is 36.9 Å². The molecule has 0 bridgehead atoms. The number of sulfonamides is 1. The quantitative estimate of drug-likeness (QED) is 0.868. The largest absolute Gasteiger partial charge is 0.365 e. The summed E-state index contributed by atoms with van der Waals surface area (Å²) >= 11 is 0. The van der Waals surface area contributed by atoms with Crippen LogP contribution in [0.2, 0.25) is 0 Å². The maximum Gasteiger partial charge on any atom is 0.244 e. The molecule has 6 heteroatoms. The number of nitrogens with zero attached hydrogens (tertiary/aromatic N) is 1. The maximum atomic E-state index is 12.7. The summed E-state index contributed by atoms with van der Waals surface area (Å²) in [5.41, 5.74) is 2.37. The van der Waals surface area contributed by atoms with Gasteiger partial charge in [0.1, 0.15) is 10.6 Å². The molecule has 2 aliphatic rings. The first-order valence-electron chi connectivity index (χ1n) is 8.65. The molecule has 1 saturated heterocycles. The van der Waals surface area contributed by atoms with Crippen molar-refractivity contribution in [3.63, 3.8) is 0 Å². The normalized spacial score (nSPS) is 21.5. The predicted molar refractivity (Wildman–Crippen MR) is 98.8 cm³/mol. The monoisotopic (exact) mass is 357 g/mol. The van der Waals surface area contributed by atoms with Crippen molar-refractivity contribution < 1.29 is 8.42 Å². The molecule has 0 radical (unpaired) electrons. The second-order valence-electron chi connectivity index (χ2n) is 7.07. The summed E-state index contributed by atoms with van der Waals surface area (Å²) in [7, 11) is -3.48. The second-order valence-corrected chi connectivity index (χ2v) is 8.72. The van der Waals surface area contributed by atoms with E-state index in [1.54, 1.807) is 6.07 Å². The fraction of sp³-hybridized carbons (Fsp3) is 0.368. The van der Waals surface area contributed by atoms with Gasteiger partial charge in [-0.3, -0.25) is 4.90 Å². The lowest BCUT2D eigenvalue weighted by molar-refractivity contribution is 0.159. The van der Waals surface area contributed by atoms with Gasteiger partial charge in [0.2, 0.25) is 10.0 Å². The van der Waals surface area contributed by atoms with E-state index in [-0.39, 0.29) is 0 Å². The van der Waals surface area contributed by atoms with Crippen molar-refractivity contribution in [3.05, 3.63) is 59.7 Å². The van der Waals surface area contributed by atoms with Crippen LogP contribution >= 0.6 is 0 Å². The Labute approximate surface area is 149 Å². The highest BCUT2D eigenvalue weighted by Crippen LogP contribution is 2.35. The summed E-state index contributed by atoms with van der Waals surface area (Å²) in [6.45, 7) is 4.51.